The van der Waals surface area contributed by atoms with Crippen molar-refractivity contribution in [3.8, 4) is 5.75 Å². The first-order chi connectivity index (χ1) is 10.9. The smallest absolute Gasteiger partial charge is 0.319 e. The van der Waals surface area contributed by atoms with E-state index in [2.05, 4.69) is 10.6 Å². The molecular weight excluding hydrogens is 296 g/mol. The molecule has 0 unspecified atom stereocenters. The minimum Gasteiger partial charge on any atom is -0.491 e. The number of ether oxygens (including phenoxy) is 1. The van der Waals surface area contributed by atoms with Gasteiger partial charge in [-0.15, -0.1) is 0 Å². The Morgan fingerprint density at radius 2 is 1.87 bits per heavy atom. The molecule has 0 aromatic heterocycles. The van der Waals surface area contributed by atoms with Gasteiger partial charge in [-0.1, -0.05) is 6.42 Å². The molecule has 1 saturated carbocycles. The van der Waals surface area contributed by atoms with E-state index in [0.29, 0.717) is 25.9 Å². The summed E-state index contributed by atoms with van der Waals surface area (Å²) in [7, 11) is 0. The lowest BCUT2D eigenvalue weighted by atomic mass is 9.68. The third-order valence-electron chi connectivity index (χ3n) is 4.02. The molecule has 2 rings (SSSR count). The Bertz CT molecular complexity index is 550. The Hall–Kier alpha value is -2.24. The number of carboxylic acids is 1. The molecule has 126 valence electrons. The molecule has 1 aromatic carbocycles. The summed E-state index contributed by atoms with van der Waals surface area (Å²) in [5, 5.41) is 15.1. The second kappa shape index (κ2) is 7.35. The lowest BCUT2D eigenvalue weighted by Gasteiger charge is -2.35. The average Bonchev–Trinajstić information content (AvgIpc) is 2.43. The molecule has 0 aliphatic heterocycles. The molecule has 6 heteroatoms. The van der Waals surface area contributed by atoms with Crippen molar-refractivity contribution in [3.05, 3.63) is 24.3 Å². The normalized spacial score (nSPS) is 15.6. The van der Waals surface area contributed by atoms with Crippen molar-refractivity contribution in [2.75, 3.05) is 18.4 Å². The van der Waals surface area contributed by atoms with Gasteiger partial charge in [-0.05, 0) is 51.0 Å². The Balaban J connectivity index is 1.73. The summed E-state index contributed by atoms with van der Waals surface area (Å²) in [5.41, 5.74) is -0.275. The van der Waals surface area contributed by atoms with Crippen LogP contribution in [0, 0.1) is 5.41 Å². The van der Waals surface area contributed by atoms with Gasteiger partial charge in [-0.2, -0.15) is 0 Å². The predicted molar refractivity (Wildman–Crippen MR) is 87.6 cm³/mol. The van der Waals surface area contributed by atoms with Crippen LogP contribution < -0.4 is 15.4 Å². The minimum atomic E-state index is -1.20. The molecule has 3 N–H and O–H groups in total. The van der Waals surface area contributed by atoms with Gasteiger partial charge in [0.25, 0.3) is 0 Å². The van der Waals surface area contributed by atoms with Crippen molar-refractivity contribution in [2.24, 2.45) is 5.41 Å². The van der Waals surface area contributed by atoms with E-state index in [0.717, 1.165) is 17.9 Å². The maximum atomic E-state index is 12.0. The number of carbonyl (C=O) groups excluding carboxylic acids is 1. The Kier molecular flexibility index (Phi) is 5.47. The van der Waals surface area contributed by atoms with Crippen molar-refractivity contribution in [1.82, 2.24) is 5.32 Å². The van der Waals surface area contributed by atoms with Crippen LogP contribution in [0.2, 0.25) is 0 Å². The Labute approximate surface area is 136 Å². The van der Waals surface area contributed by atoms with Crippen molar-refractivity contribution in [2.45, 2.75) is 39.2 Å². The third-order valence-corrected chi connectivity index (χ3v) is 4.02. The van der Waals surface area contributed by atoms with Crippen LogP contribution in [0.4, 0.5) is 5.69 Å². The summed E-state index contributed by atoms with van der Waals surface area (Å²) in [4.78, 5) is 23.2. The highest BCUT2D eigenvalue weighted by Crippen LogP contribution is 2.41. The molecule has 1 fully saturated rings. The van der Waals surface area contributed by atoms with Crippen molar-refractivity contribution in [3.63, 3.8) is 0 Å². The molecule has 0 heterocycles. The molecule has 6 nitrogen and oxygen atoms in total. The Morgan fingerprint density at radius 1 is 1.22 bits per heavy atom. The molecule has 0 radical (unpaired) electrons. The van der Waals surface area contributed by atoms with Crippen LogP contribution in [0.1, 0.15) is 33.1 Å². The van der Waals surface area contributed by atoms with Crippen LogP contribution in [0.3, 0.4) is 0 Å². The van der Waals surface area contributed by atoms with Crippen LogP contribution in [0.5, 0.6) is 5.75 Å². The SMILES string of the molecule is CC(C)Oc1ccc(NCCNC(=O)C2(C(=O)O)CCC2)cc1. The van der Waals surface area contributed by atoms with Gasteiger partial charge in [0.2, 0.25) is 5.91 Å². The zero-order valence-corrected chi connectivity index (χ0v) is 13.6. The number of carbonyl (C=O) groups is 2. The minimum absolute atomic E-state index is 0.136. The second-order valence-electron chi connectivity index (χ2n) is 6.11. The molecule has 0 bridgehead atoms. The number of rotatable bonds is 8. The fraction of sp³-hybridized carbons (Fsp3) is 0.529. The summed E-state index contributed by atoms with van der Waals surface area (Å²) >= 11 is 0. The van der Waals surface area contributed by atoms with Crippen molar-refractivity contribution in [1.29, 1.82) is 0 Å². The molecule has 1 aliphatic rings. The molecule has 1 aromatic rings. The zero-order valence-electron chi connectivity index (χ0n) is 13.6. The Morgan fingerprint density at radius 3 is 2.35 bits per heavy atom. The van der Waals surface area contributed by atoms with Crippen LogP contribution in [-0.4, -0.2) is 36.2 Å². The van der Waals surface area contributed by atoms with E-state index in [-0.39, 0.29) is 12.0 Å². The molecule has 23 heavy (non-hydrogen) atoms. The van der Waals surface area contributed by atoms with Gasteiger partial charge in [0.05, 0.1) is 6.10 Å². The molecule has 0 spiro atoms. The highest BCUT2D eigenvalue weighted by atomic mass is 16.5. The number of anilines is 1. The maximum absolute atomic E-state index is 12.0. The van der Waals surface area contributed by atoms with Crippen LogP contribution in [0.25, 0.3) is 0 Å². The number of aliphatic carboxylic acids is 1. The number of hydrogen-bond acceptors (Lipinski definition) is 4. The average molecular weight is 320 g/mol. The van der Waals surface area contributed by atoms with Gasteiger partial charge < -0.3 is 20.5 Å². The van der Waals surface area contributed by atoms with Crippen LogP contribution >= 0.6 is 0 Å². The number of carboxylic acid groups (broad SMARTS) is 1. The molecule has 1 aliphatic carbocycles. The topological polar surface area (TPSA) is 87.7 Å². The quantitative estimate of drug-likeness (QED) is 0.505. The molecule has 0 atom stereocenters. The van der Waals surface area contributed by atoms with E-state index in [1.165, 1.54) is 0 Å². The van der Waals surface area contributed by atoms with Crippen LogP contribution in [-0.2, 0) is 9.59 Å². The summed E-state index contributed by atoms with van der Waals surface area (Å²) in [6, 6.07) is 7.58. The highest BCUT2D eigenvalue weighted by molar-refractivity contribution is 6.02. The van der Waals surface area contributed by atoms with Gasteiger partial charge in [-0.25, -0.2) is 0 Å². The van der Waals surface area contributed by atoms with E-state index < -0.39 is 11.4 Å². The van der Waals surface area contributed by atoms with Gasteiger partial charge in [-0.3, -0.25) is 9.59 Å². The number of amides is 1. The lowest BCUT2D eigenvalue weighted by molar-refractivity contribution is -0.162. The predicted octanol–water partition coefficient (Wildman–Crippen LogP) is 2.26. The van der Waals surface area contributed by atoms with Gasteiger partial charge in [0.1, 0.15) is 11.2 Å². The van der Waals surface area contributed by atoms with Crippen molar-refractivity contribution < 1.29 is 19.4 Å². The van der Waals surface area contributed by atoms with E-state index in [4.69, 9.17) is 4.74 Å². The highest BCUT2D eigenvalue weighted by Gasteiger charge is 2.50. The standard InChI is InChI=1S/C17H24N2O4/c1-12(2)23-14-6-4-13(5-7-14)18-10-11-19-15(20)17(16(21)22)8-3-9-17/h4-7,12,18H,3,8-11H2,1-2H3,(H,19,20)(H,21,22). The molecular formula is C17H24N2O4. The van der Waals surface area contributed by atoms with E-state index in [1.807, 2.05) is 38.1 Å². The third kappa shape index (κ3) is 4.15. The van der Waals surface area contributed by atoms with Crippen molar-refractivity contribution >= 4 is 17.6 Å². The summed E-state index contributed by atoms with van der Waals surface area (Å²) in [5.74, 6) is -0.582. The van der Waals surface area contributed by atoms with Crippen LogP contribution in [0.15, 0.2) is 24.3 Å². The monoisotopic (exact) mass is 320 g/mol. The first kappa shape index (κ1) is 17.1. The maximum Gasteiger partial charge on any atom is 0.319 e. The van der Waals surface area contributed by atoms with Gasteiger partial charge in [0, 0.05) is 18.8 Å². The van der Waals surface area contributed by atoms with Gasteiger partial charge in [0.15, 0.2) is 0 Å². The number of benzene rings is 1. The van der Waals surface area contributed by atoms with E-state index >= 15 is 0 Å². The largest absolute Gasteiger partial charge is 0.491 e. The zero-order chi connectivity index (χ0) is 16.9. The first-order valence-corrected chi connectivity index (χ1v) is 7.96. The summed E-state index contributed by atoms with van der Waals surface area (Å²) < 4.78 is 5.56. The number of hydrogen-bond donors (Lipinski definition) is 3. The van der Waals surface area contributed by atoms with E-state index in [9.17, 15) is 14.7 Å². The van der Waals surface area contributed by atoms with E-state index in [1.54, 1.807) is 0 Å². The first-order valence-electron chi connectivity index (χ1n) is 7.96. The molecule has 0 saturated heterocycles. The van der Waals surface area contributed by atoms with Gasteiger partial charge >= 0.3 is 5.97 Å². The summed E-state index contributed by atoms with van der Waals surface area (Å²) in [6.45, 7) is 4.87. The number of nitrogens with one attached hydrogen (secondary N) is 2. The molecule has 1 amide bonds. The fourth-order valence-electron chi connectivity index (χ4n) is 2.54. The lowest BCUT2D eigenvalue weighted by Crippen LogP contribution is -2.51. The summed E-state index contributed by atoms with van der Waals surface area (Å²) in [6.07, 6.45) is 1.79. The fourth-order valence-corrected chi connectivity index (χ4v) is 2.54. The second-order valence-corrected chi connectivity index (χ2v) is 6.11.